The molecule has 0 unspecified atom stereocenters. The second-order valence-electron chi connectivity index (χ2n) is 9.13. The van der Waals surface area contributed by atoms with Crippen molar-refractivity contribution in [1.82, 2.24) is 4.57 Å². The van der Waals surface area contributed by atoms with Crippen LogP contribution in [0.25, 0.3) is 11.1 Å². The number of amides is 2. The van der Waals surface area contributed by atoms with Gasteiger partial charge in [-0.3, -0.25) is 9.59 Å². The summed E-state index contributed by atoms with van der Waals surface area (Å²) in [6.07, 6.45) is 1.76. The molecule has 8 heteroatoms. The highest BCUT2D eigenvalue weighted by Crippen LogP contribution is 2.21. The highest BCUT2D eigenvalue weighted by molar-refractivity contribution is 6.00. The van der Waals surface area contributed by atoms with Gasteiger partial charge >= 0.3 is 12.0 Å². The van der Waals surface area contributed by atoms with Crippen LogP contribution >= 0.6 is 0 Å². The summed E-state index contributed by atoms with van der Waals surface area (Å²) in [4.78, 5) is 37.3. The smallest absolute Gasteiger partial charge is 0.325 e. The lowest BCUT2D eigenvalue weighted by atomic mass is 10.1. The highest BCUT2D eigenvalue weighted by atomic mass is 16.5. The predicted molar refractivity (Wildman–Crippen MR) is 155 cm³/mol. The first-order chi connectivity index (χ1) is 18.8. The van der Waals surface area contributed by atoms with Crippen molar-refractivity contribution >= 4 is 29.1 Å². The molecule has 0 spiro atoms. The molecule has 1 heterocycles. The van der Waals surface area contributed by atoms with Crippen molar-refractivity contribution in [2.45, 2.75) is 27.3 Å². The standard InChI is InChI=1S/C31H32N4O4/c1-4-39-29(36)19-32-27-16-11-23(18-22(27)3)20-35-17-7-9-26(30(35)37)24-12-14-25(15-13-24)33-31(38)34-28-10-6-5-8-21(28)2/h5-18,32H,4,19-20H2,1-3H3,(H2,33,34,38). The fraction of sp³-hybridized carbons (Fsp3) is 0.194. The first kappa shape index (κ1) is 27.2. The van der Waals surface area contributed by atoms with Gasteiger partial charge in [0.15, 0.2) is 0 Å². The van der Waals surface area contributed by atoms with Crippen LogP contribution in [0.5, 0.6) is 0 Å². The van der Waals surface area contributed by atoms with Crippen LogP contribution in [0.15, 0.2) is 89.9 Å². The number of nitrogens with one attached hydrogen (secondary N) is 3. The van der Waals surface area contributed by atoms with E-state index in [9.17, 15) is 14.4 Å². The predicted octanol–water partition coefficient (Wildman–Crippen LogP) is 5.80. The summed E-state index contributed by atoms with van der Waals surface area (Å²) in [5.74, 6) is -0.307. The van der Waals surface area contributed by atoms with E-state index in [4.69, 9.17) is 4.74 Å². The number of pyridine rings is 1. The SMILES string of the molecule is CCOC(=O)CNc1ccc(Cn2cccc(-c3ccc(NC(=O)Nc4ccccc4C)cc3)c2=O)cc1C. The minimum Gasteiger partial charge on any atom is -0.465 e. The van der Waals surface area contributed by atoms with Crippen molar-refractivity contribution in [3.05, 3.63) is 112 Å². The topological polar surface area (TPSA) is 101 Å². The van der Waals surface area contributed by atoms with E-state index in [2.05, 4.69) is 16.0 Å². The molecule has 0 atom stereocenters. The zero-order chi connectivity index (χ0) is 27.8. The number of hydrogen-bond acceptors (Lipinski definition) is 5. The van der Waals surface area contributed by atoms with Crippen molar-refractivity contribution in [3.8, 4) is 11.1 Å². The van der Waals surface area contributed by atoms with E-state index >= 15 is 0 Å². The molecule has 3 aromatic carbocycles. The molecule has 4 rings (SSSR count). The molecule has 0 bridgehead atoms. The first-order valence-corrected chi connectivity index (χ1v) is 12.8. The van der Waals surface area contributed by atoms with E-state index in [1.807, 2.05) is 74.5 Å². The fourth-order valence-corrected chi connectivity index (χ4v) is 4.21. The molecule has 4 aromatic rings. The van der Waals surface area contributed by atoms with Gasteiger partial charge in [-0.2, -0.15) is 0 Å². The maximum atomic E-state index is 13.3. The molecule has 0 saturated carbocycles. The third-order valence-electron chi connectivity index (χ3n) is 6.24. The summed E-state index contributed by atoms with van der Waals surface area (Å²) < 4.78 is 6.62. The van der Waals surface area contributed by atoms with Crippen molar-refractivity contribution in [1.29, 1.82) is 0 Å². The number of anilines is 3. The van der Waals surface area contributed by atoms with Gasteiger partial charge < -0.3 is 25.3 Å². The Kier molecular flexibility index (Phi) is 8.78. The lowest BCUT2D eigenvalue weighted by Gasteiger charge is -2.13. The van der Waals surface area contributed by atoms with Gasteiger partial charge in [0.05, 0.1) is 13.2 Å². The molecule has 3 N–H and O–H groups in total. The molecule has 0 aliphatic heterocycles. The average Bonchev–Trinajstić information content (AvgIpc) is 2.91. The van der Waals surface area contributed by atoms with Gasteiger partial charge in [0.25, 0.3) is 5.56 Å². The summed E-state index contributed by atoms with van der Waals surface area (Å²) in [5.41, 5.74) is 6.32. The van der Waals surface area contributed by atoms with E-state index in [1.165, 1.54) is 0 Å². The van der Waals surface area contributed by atoms with E-state index in [1.54, 1.807) is 35.9 Å². The number of esters is 1. The number of ether oxygens (including phenoxy) is 1. The second-order valence-corrected chi connectivity index (χ2v) is 9.13. The summed E-state index contributed by atoms with van der Waals surface area (Å²) in [6, 6.07) is 23.9. The number of aryl methyl sites for hydroxylation is 2. The van der Waals surface area contributed by atoms with Crippen LogP contribution in [0, 0.1) is 13.8 Å². The van der Waals surface area contributed by atoms with Crippen LogP contribution < -0.4 is 21.5 Å². The zero-order valence-electron chi connectivity index (χ0n) is 22.3. The Bertz CT molecular complexity index is 1530. The van der Waals surface area contributed by atoms with Gasteiger partial charge in [-0.05, 0) is 79.4 Å². The largest absolute Gasteiger partial charge is 0.465 e. The van der Waals surface area contributed by atoms with Crippen molar-refractivity contribution in [2.24, 2.45) is 0 Å². The Balaban J connectivity index is 1.42. The molecular formula is C31H32N4O4. The lowest BCUT2D eigenvalue weighted by Crippen LogP contribution is -2.22. The first-order valence-electron chi connectivity index (χ1n) is 12.8. The fourth-order valence-electron chi connectivity index (χ4n) is 4.21. The summed E-state index contributed by atoms with van der Waals surface area (Å²) >= 11 is 0. The number of carbonyl (C=O) groups is 2. The van der Waals surface area contributed by atoms with Crippen LogP contribution in [-0.2, 0) is 16.1 Å². The number of hydrogen-bond donors (Lipinski definition) is 3. The molecule has 39 heavy (non-hydrogen) atoms. The van der Waals surface area contributed by atoms with Crippen LogP contribution in [0.3, 0.4) is 0 Å². The molecule has 0 aliphatic carbocycles. The minimum atomic E-state index is -0.337. The second kappa shape index (κ2) is 12.6. The number of rotatable bonds is 9. The maximum Gasteiger partial charge on any atom is 0.325 e. The quantitative estimate of drug-likeness (QED) is 0.240. The van der Waals surface area contributed by atoms with Crippen LogP contribution in [0.2, 0.25) is 0 Å². The molecule has 0 aliphatic rings. The van der Waals surface area contributed by atoms with Gasteiger partial charge in [-0.1, -0.05) is 42.5 Å². The minimum absolute atomic E-state index is 0.0984. The van der Waals surface area contributed by atoms with Crippen molar-refractivity contribution < 1.29 is 14.3 Å². The molecular weight excluding hydrogens is 492 g/mol. The zero-order valence-corrected chi connectivity index (χ0v) is 22.3. The molecule has 0 fully saturated rings. The molecule has 1 aromatic heterocycles. The molecule has 8 nitrogen and oxygen atoms in total. The van der Waals surface area contributed by atoms with Gasteiger partial charge in [-0.15, -0.1) is 0 Å². The normalized spacial score (nSPS) is 10.5. The maximum absolute atomic E-state index is 13.3. The van der Waals surface area contributed by atoms with Crippen LogP contribution in [0.4, 0.5) is 21.9 Å². The number of nitrogens with zero attached hydrogens (tertiary/aromatic N) is 1. The Labute approximate surface area is 227 Å². The lowest BCUT2D eigenvalue weighted by molar-refractivity contribution is -0.140. The summed E-state index contributed by atoms with van der Waals surface area (Å²) in [5, 5.41) is 8.75. The molecule has 200 valence electrons. The van der Waals surface area contributed by atoms with Gasteiger partial charge in [0, 0.05) is 28.8 Å². The van der Waals surface area contributed by atoms with E-state index in [-0.39, 0.29) is 24.1 Å². The van der Waals surface area contributed by atoms with E-state index in [0.717, 1.165) is 33.6 Å². The number of aromatic nitrogens is 1. The highest BCUT2D eigenvalue weighted by Gasteiger charge is 2.10. The van der Waals surface area contributed by atoms with E-state index < -0.39 is 0 Å². The van der Waals surface area contributed by atoms with Crippen molar-refractivity contribution in [2.75, 3.05) is 29.1 Å². The van der Waals surface area contributed by atoms with Gasteiger partial charge in [0.2, 0.25) is 0 Å². The average molecular weight is 525 g/mol. The Morgan fingerprint density at radius 2 is 1.62 bits per heavy atom. The monoisotopic (exact) mass is 524 g/mol. The van der Waals surface area contributed by atoms with Gasteiger partial charge in [-0.25, -0.2) is 4.79 Å². The Morgan fingerprint density at radius 1 is 0.846 bits per heavy atom. The summed E-state index contributed by atoms with van der Waals surface area (Å²) in [6.45, 7) is 6.51. The molecule has 2 amide bonds. The van der Waals surface area contributed by atoms with Gasteiger partial charge in [0.1, 0.15) is 6.54 Å². The van der Waals surface area contributed by atoms with Crippen LogP contribution in [0.1, 0.15) is 23.6 Å². The van der Waals surface area contributed by atoms with Crippen molar-refractivity contribution in [3.63, 3.8) is 0 Å². The van der Waals surface area contributed by atoms with E-state index in [0.29, 0.717) is 24.4 Å². The third-order valence-corrected chi connectivity index (χ3v) is 6.24. The molecule has 0 radical (unpaired) electrons. The number of carbonyl (C=O) groups excluding carboxylic acids is 2. The summed E-state index contributed by atoms with van der Waals surface area (Å²) in [7, 11) is 0. The number of para-hydroxylation sites is 1. The number of urea groups is 1. The third kappa shape index (κ3) is 7.13. The molecule has 0 saturated heterocycles. The Morgan fingerprint density at radius 3 is 2.33 bits per heavy atom. The number of benzene rings is 3. The Hall–Kier alpha value is -4.85. The van der Waals surface area contributed by atoms with Crippen LogP contribution in [-0.4, -0.2) is 29.7 Å².